The monoisotopic (exact) mass is 301 g/mol. The molecule has 1 aromatic carbocycles. The molecule has 1 amide bonds. The van der Waals surface area contributed by atoms with Crippen molar-refractivity contribution >= 4 is 18.1 Å². The molecule has 0 saturated heterocycles. The Morgan fingerprint density at radius 3 is 2.86 bits per heavy atom. The number of imidazole rings is 1. The summed E-state index contributed by atoms with van der Waals surface area (Å²) in [7, 11) is 0. The van der Waals surface area contributed by atoms with Gasteiger partial charge in [-0.1, -0.05) is 31.2 Å². The zero-order valence-electron chi connectivity index (χ0n) is 12.1. The number of carbonyl (C=O) groups excluding carboxylic acids is 1. The van der Waals surface area contributed by atoms with Crippen LogP contribution >= 0.6 is 12.2 Å². The standard InChI is InChI=1S/C16H19N3OS/c1-2-15(20)17-19-10-9-18(16(19)21)14-8-7-12-5-3-4-6-13(12)11-14/h3-6,9-10,14H,2,7-8,11H2,1H3,(H,17,20). The number of nitrogens with one attached hydrogen (secondary N) is 1. The molecule has 0 radical (unpaired) electrons. The third kappa shape index (κ3) is 2.78. The maximum atomic E-state index is 11.5. The Bertz CT molecular complexity index is 716. The van der Waals surface area contributed by atoms with Gasteiger partial charge in [0.1, 0.15) is 0 Å². The topological polar surface area (TPSA) is 39.0 Å². The van der Waals surface area contributed by atoms with E-state index in [0.717, 1.165) is 19.3 Å². The van der Waals surface area contributed by atoms with Gasteiger partial charge in [-0.2, -0.15) is 0 Å². The first-order chi connectivity index (χ1) is 10.2. The number of hydrogen-bond acceptors (Lipinski definition) is 2. The lowest BCUT2D eigenvalue weighted by atomic mass is 9.88. The van der Waals surface area contributed by atoms with Crippen molar-refractivity contribution in [3.05, 3.63) is 52.6 Å². The third-order valence-corrected chi connectivity index (χ3v) is 4.49. The van der Waals surface area contributed by atoms with Gasteiger partial charge in [0, 0.05) is 24.9 Å². The molecule has 0 bridgehead atoms. The van der Waals surface area contributed by atoms with Crippen molar-refractivity contribution in [3.63, 3.8) is 0 Å². The van der Waals surface area contributed by atoms with E-state index in [1.807, 2.05) is 19.3 Å². The van der Waals surface area contributed by atoms with Gasteiger partial charge < -0.3 is 4.57 Å². The highest BCUT2D eigenvalue weighted by molar-refractivity contribution is 7.71. The molecule has 4 nitrogen and oxygen atoms in total. The maximum absolute atomic E-state index is 11.5. The Hall–Kier alpha value is -1.88. The molecule has 21 heavy (non-hydrogen) atoms. The summed E-state index contributed by atoms with van der Waals surface area (Å²) in [5, 5.41) is 0. The Morgan fingerprint density at radius 1 is 1.33 bits per heavy atom. The van der Waals surface area contributed by atoms with Gasteiger partial charge in [-0.15, -0.1) is 0 Å². The summed E-state index contributed by atoms with van der Waals surface area (Å²) in [6.07, 6.45) is 7.40. The first kappa shape index (κ1) is 14.1. The van der Waals surface area contributed by atoms with E-state index in [-0.39, 0.29) is 5.91 Å². The van der Waals surface area contributed by atoms with Crippen LogP contribution in [0.25, 0.3) is 0 Å². The second kappa shape index (κ2) is 5.85. The summed E-state index contributed by atoms with van der Waals surface area (Å²) in [5.74, 6) is -0.0298. The number of nitrogens with zero attached hydrogens (tertiary/aromatic N) is 2. The van der Waals surface area contributed by atoms with E-state index in [2.05, 4.69) is 34.3 Å². The summed E-state index contributed by atoms with van der Waals surface area (Å²) in [4.78, 5) is 11.5. The second-order valence-corrected chi connectivity index (χ2v) is 5.78. The van der Waals surface area contributed by atoms with Gasteiger partial charge in [-0.05, 0) is 42.6 Å². The smallest absolute Gasteiger partial charge is 0.238 e. The molecule has 0 aliphatic heterocycles. The quantitative estimate of drug-likeness (QED) is 0.884. The largest absolute Gasteiger partial charge is 0.319 e. The van der Waals surface area contributed by atoms with Gasteiger partial charge in [-0.25, -0.2) is 4.68 Å². The van der Waals surface area contributed by atoms with E-state index in [1.54, 1.807) is 4.68 Å². The van der Waals surface area contributed by atoms with Gasteiger partial charge in [0.2, 0.25) is 5.91 Å². The maximum Gasteiger partial charge on any atom is 0.238 e. The van der Waals surface area contributed by atoms with Crippen LogP contribution < -0.4 is 5.43 Å². The van der Waals surface area contributed by atoms with Gasteiger partial charge >= 0.3 is 0 Å². The summed E-state index contributed by atoms with van der Waals surface area (Å²) in [5.41, 5.74) is 5.64. The van der Waals surface area contributed by atoms with Crippen molar-refractivity contribution < 1.29 is 4.79 Å². The fraction of sp³-hybridized carbons (Fsp3) is 0.375. The first-order valence-electron chi connectivity index (χ1n) is 7.35. The molecule has 1 heterocycles. The van der Waals surface area contributed by atoms with E-state index in [9.17, 15) is 4.79 Å². The van der Waals surface area contributed by atoms with E-state index in [1.165, 1.54) is 11.1 Å². The summed E-state index contributed by atoms with van der Waals surface area (Å²) < 4.78 is 4.39. The highest BCUT2D eigenvalue weighted by atomic mass is 32.1. The van der Waals surface area contributed by atoms with Crippen molar-refractivity contribution in [3.8, 4) is 0 Å². The molecule has 2 aromatic rings. The van der Waals surface area contributed by atoms with Crippen LogP contribution in [-0.2, 0) is 17.6 Å². The van der Waals surface area contributed by atoms with Crippen LogP contribution in [-0.4, -0.2) is 15.2 Å². The molecule has 1 unspecified atom stereocenters. The van der Waals surface area contributed by atoms with Gasteiger partial charge in [-0.3, -0.25) is 10.2 Å². The molecule has 0 fully saturated rings. The molecule has 1 aliphatic rings. The number of fused-ring (bicyclic) bond motifs is 1. The zero-order valence-corrected chi connectivity index (χ0v) is 12.9. The summed E-state index contributed by atoms with van der Waals surface area (Å²) >= 11 is 5.48. The Kier molecular flexibility index (Phi) is 3.92. The second-order valence-electron chi connectivity index (χ2n) is 5.41. The number of carbonyl (C=O) groups is 1. The van der Waals surface area contributed by atoms with Gasteiger partial charge in [0.15, 0.2) is 4.77 Å². The van der Waals surface area contributed by atoms with Crippen molar-refractivity contribution in [1.82, 2.24) is 9.24 Å². The summed E-state index contributed by atoms with van der Waals surface area (Å²) in [6, 6.07) is 8.96. The Morgan fingerprint density at radius 2 is 2.10 bits per heavy atom. The van der Waals surface area contributed by atoms with E-state index in [4.69, 9.17) is 12.2 Å². The lowest BCUT2D eigenvalue weighted by molar-refractivity contribution is -0.116. The molecule has 110 valence electrons. The molecule has 5 heteroatoms. The molecular weight excluding hydrogens is 282 g/mol. The molecule has 3 rings (SSSR count). The molecule has 0 saturated carbocycles. The lowest BCUT2D eigenvalue weighted by Crippen LogP contribution is -2.23. The van der Waals surface area contributed by atoms with Crippen molar-refractivity contribution in [1.29, 1.82) is 0 Å². The van der Waals surface area contributed by atoms with Crippen LogP contribution in [0, 0.1) is 4.77 Å². The normalized spacial score (nSPS) is 17.3. The van der Waals surface area contributed by atoms with Gasteiger partial charge in [0.25, 0.3) is 0 Å². The minimum Gasteiger partial charge on any atom is -0.319 e. The average molecular weight is 301 g/mol. The van der Waals surface area contributed by atoms with E-state index in [0.29, 0.717) is 17.2 Å². The minimum absolute atomic E-state index is 0.0298. The fourth-order valence-corrected chi connectivity index (χ4v) is 3.20. The Balaban J connectivity index is 1.83. The van der Waals surface area contributed by atoms with Gasteiger partial charge in [0.05, 0.1) is 0 Å². The highest BCUT2D eigenvalue weighted by Gasteiger charge is 2.20. The molecule has 0 spiro atoms. The SMILES string of the molecule is CCC(=O)Nn1ccn(C2CCc3ccccc3C2)c1=S. The number of rotatable bonds is 3. The number of amides is 1. The van der Waals surface area contributed by atoms with Crippen molar-refractivity contribution in [2.24, 2.45) is 0 Å². The summed E-state index contributed by atoms with van der Waals surface area (Å²) in [6.45, 7) is 1.83. The number of benzene rings is 1. The van der Waals surface area contributed by atoms with Crippen LogP contribution in [0.3, 0.4) is 0 Å². The average Bonchev–Trinajstić information content (AvgIpc) is 2.87. The van der Waals surface area contributed by atoms with Crippen molar-refractivity contribution in [2.75, 3.05) is 5.43 Å². The first-order valence-corrected chi connectivity index (χ1v) is 7.76. The number of aromatic nitrogens is 2. The molecular formula is C16H19N3OS. The van der Waals surface area contributed by atoms with Crippen LogP contribution in [0.1, 0.15) is 36.9 Å². The number of hydrogen-bond donors (Lipinski definition) is 1. The molecule has 1 atom stereocenters. The number of aryl methyl sites for hydroxylation is 1. The zero-order chi connectivity index (χ0) is 14.8. The predicted octanol–water partition coefficient (Wildman–Crippen LogP) is 3.23. The Labute approximate surface area is 129 Å². The van der Waals surface area contributed by atoms with E-state index >= 15 is 0 Å². The van der Waals surface area contributed by atoms with E-state index < -0.39 is 0 Å². The van der Waals surface area contributed by atoms with Crippen LogP contribution in [0.4, 0.5) is 0 Å². The highest BCUT2D eigenvalue weighted by Crippen LogP contribution is 2.29. The van der Waals surface area contributed by atoms with Crippen molar-refractivity contribution in [2.45, 2.75) is 38.6 Å². The predicted molar refractivity (Wildman–Crippen MR) is 85.4 cm³/mol. The minimum atomic E-state index is -0.0298. The van der Waals surface area contributed by atoms with Crippen LogP contribution in [0.15, 0.2) is 36.7 Å². The fourth-order valence-electron chi connectivity index (χ4n) is 2.88. The van der Waals surface area contributed by atoms with Crippen LogP contribution in [0.2, 0.25) is 0 Å². The third-order valence-electron chi connectivity index (χ3n) is 4.08. The molecule has 1 aliphatic carbocycles. The molecule has 1 aromatic heterocycles. The molecule has 1 N–H and O–H groups in total. The lowest BCUT2D eigenvalue weighted by Gasteiger charge is -2.25. The van der Waals surface area contributed by atoms with Crippen LogP contribution in [0.5, 0.6) is 0 Å².